The molecule has 0 N–H and O–H groups in total. The number of ether oxygens (including phenoxy) is 2. The van der Waals surface area contributed by atoms with Crippen LogP contribution in [-0.4, -0.2) is 36.6 Å². The minimum Gasteiger partial charge on any atom is -0.486 e. The highest BCUT2D eigenvalue weighted by Gasteiger charge is 2.26. The standard InChI is InChI=1S/C18H17FINO3/c1-2-21(18(22)14-8-7-12(19)9-15(14)20)10-13-11-23-16-5-3-4-6-17(16)24-13/h3-9,13H,2,10-11H2,1H3. The van der Waals surface area contributed by atoms with Crippen molar-refractivity contribution < 1.29 is 18.7 Å². The van der Waals surface area contributed by atoms with E-state index in [0.29, 0.717) is 34.6 Å². The molecule has 0 bridgehead atoms. The van der Waals surface area contributed by atoms with Gasteiger partial charge in [0.05, 0.1) is 12.1 Å². The maximum Gasteiger partial charge on any atom is 0.255 e. The molecule has 1 aliphatic rings. The SMILES string of the molecule is CCN(CC1COc2ccccc2O1)C(=O)c1ccc(F)cc1I. The molecule has 0 aromatic heterocycles. The van der Waals surface area contributed by atoms with Crippen molar-refractivity contribution >= 4 is 28.5 Å². The Morgan fingerprint density at radius 1 is 1.29 bits per heavy atom. The van der Waals surface area contributed by atoms with Gasteiger partial charge in [0.1, 0.15) is 12.4 Å². The Bertz CT molecular complexity index is 753. The summed E-state index contributed by atoms with van der Waals surface area (Å²) in [5.41, 5.74) is 0.496. The van der Waals surface area contributed by atoms with Gasteiger partial charge in [-0.05, 0) is 59.8 Å². The summed E-state index contributed by atoms with van der Waals surface area (Å²) < 4.78 is 25.5. The van der Waals surface area contributed by atoms with E-state index in [9.17, 15) is 9.18 Å². The minimum atomic E-state index is -0.348. The van der Waals surface area contributed by atoms with Crippen LogP contribution in [-0.2, 0) is 0 Å². The molecule has 0 aliphatic carbocycles. The van der Waals surface area contributed by atoms with E-state index < -0.39 is 0 Å². The van der Waals surface area contributed by atoms with Gasteiger partial charge in [0, 0.05) is 10.1 Å². The highest BCUT2D eigenvalue weighted by molar-refractivity contribution is 14.1. The highest BCUT2D eigenvalue weighted by Crippen LogP contribution is 2.31. The molecule has 3 rings (SSSR count). The summed E-state index contributed by atoms with van der Waals surface area (Å²) >= 11 is 1.98. The number of hydrogen-bond acceptors (Lipinski definition) is 3. The summed E-state index contributed by atoms with van der Waals surface area (Å²) in [5, 5.41) is 0. The van der Waals surface area contributed by atoms with Crippen molar-refractivity contribution in [2.24, 2.45) is 0 Å². The first kappa shape index (κ1) is 17.0. The van der Waals surface area contributed by atoms with Crippen LogP contribution in [0.4, 0.5) is 4.39 Å². The van der Waals surface area contributed by atoms with Crippen LogP contribution < -0.4 is 9.47 Å². The van der Waals surface area contributed by atoms with E-state index in [1.165, 1.54) is 18.2 Å². The van der Waals surface area contributed by atoms with Crippen molar-refractivity contribution in [3.63, 3.8) is 0 Å². The molecule has 0 radical (unpaired) electrons. The molecule has 2 aromatic rings. The van der Waals surface area contributed by atoms with Crippen molar-refractivity contribution in [1.29, 1.82) is 0 Å². The number of hydrogen-bond donors (Lipinski definition) is 0. The van der Waals surface area contributed by atoms with Crippen LogP contribution >= 0.6 is 22.6 Å². The molecule has 1 heterocycles. The fourth-order valence-corrected chi connectivity index (χ4v) is 3.30. The molecule has 0 fully saturated rings. The third kappa shape index (κ3) is 3.63. The van der Waals surface area contributed by atoms with Crippen LogP contribution in [0.3, 0.4) is 0 Å². The van der Waals surface area contributed by atoms with Crippen LogP contribution in [0.25, 0.3) is 0 Å². The molecule has 0 saturated heterocycles. The summed E-state index contributed by atoms with van der Waals surface area (Å²) in [5.74, 6) is 0.925. The van der Waals surface area contributed by atoms with E-state index in [4.69, 9.17) is 9.47 Å². The number of fused-ring (bicyclic) bond motifs is 1. The van der Waals surface area contributed by atoms with Crippen LogP contribution in [0, 0.1) is 9.39 Å². The van der Waals surface area contributed by atoms with E-state index in [1.807, 2.05) is 53.8 Å². The van der Waals surface area contributed by atoms with Crippen molar-refractivity contribution in [1.82, 2.24) is 4.90 Å². The number of halogens is 2. The number of carbonyl (C=O) groups excluding carboxylic acids is 1. The lowest BCUT2D eigenvalue weighted by Gasteiger charge is -2.31. The first-order chi connectivity index (χ1) is 11.6. The molecular formula is C18H17FINO3. The summed E-state index contributed by atoms with van der Waals surface area (Å²) in [4.78, 5) is 14.4. The van der Waals surface area contributed by atoms with E-state index in [-0.39, 0.29) is 17.8 Å². The van der Waals surface area contributed by atoms with Gasteiger partial charge in [0.2, 0.25) is 0 Å². The van der Waals surface area contributed by atoms with E-state index >= 15 is 0 Å². The zero-order valence-electron chi connectivity index (χ0n) is 13.2. The van der Waals surface area contributed by atoms with Crippen molar-refractivity contribution in [2.45, 2.75) is 13.0 Å². The molecule has 24 heavy (non-hydrogen) atoms. The molecule has 6 heteroatoms. The van der Waals surface area contributed by atoms with Crippen LogP contribution in [0.2, 0.25) is 0 Å². The maximum absolute atomic E-state index is 13.2. The lowest BCUT2D eigenvalue weighted by atomic mass is 10.2. The summed E-state index contributed by atoms with van der Waals surface area (Å²) in [6.45, 7) is 3.25. The predicted octanol–water partition coefficient (Wildman–Crippen LogP) is 3.73. The predicted molar refractivity (Wildman–Crippen MR) is 97.0 cm³/mol. The number of para-hydroxylation sites is 2. The number of carbonyl (C=O) groups is 1. The molecule has 1 unspecified atom stereocenters. The van der Waals surface area contributed by atoms with Crippen LogP contribution in [0.5, 0.6) is 11.5 Å². The Morgan fingerprint density at radius 2 is 2.04 bits per heavy atom. The smallest absolute Gasteiger partial charge is 0.255 e. The van der Waals surface area contributed by atoms with E-state index in [2.05, 4.69) is 0 Å². The lowest BCUT2D eigenvalue weighted by Crippen LogP contribution is -2.43. The molecule has 1 aliphatic heterocycles. The first-order valence-corrected chi connectivity index (χ1v) is 8.79. The third-order valence-corrected chi connectivity index (χ3v) is 4.71. The Labute approximate surface area is 153 Å². The van der Waals surface area contributed by atoms with Gasteiger partial charge in [-0.2, -0.15) is 0 Å². The number of likely N-dealkylation sites (N-methyl/N-ethyl adjacent to an activating group) is 1. The largest absolute Gasteiger partial charge is 0.486 e. The van der Waals surface area contributed by atoms with Crippen molar-refractivity contribution in [2.75, 3.05) is 19.7 Å². The van der Waals surface area contributed by atoms with Gasteiger partial charge in [0.15, 0.2) is 17.6 Å². The first-order valence-electron chi connectivity index (χ1n) is 7.71. The molecule has 4 nitrogen and oxygen atoms in total. The molecule has 1 amide bonds. The van der Waals surface area contributed by atoms with E-state index in [1.54, 1.807) is 4.90 Å². The molecule has 1 atom stereocenters. The van der Waals surface area contributed by atoms with Gasteiger partial charge in [-0.3, -0.25) is 4.79 Å². The monoisotopic (exact) mass is 441 g/mol. The van der Waals surface area contributed by atoms with Gasteiger partial charge in [-0.1, -0.05) is 12.1 Å². The third-order valence-electron chi connectivity index (χ3n) is 3.82. The second kappa shape index (κ2) is 7.38. The molecule has 0 spiro atoms. The zero-order valence-corrected chi connectivity index (χ0v) is 15.3. The molecule has 2 aromatic carbocycles. The summed E-state index contributed by atoms with van der Waals surface area (Å²) in [6.07, 6.45) is -0.234. The Hall–Kier alpha value is -1.83. The zero-order chi connectivity index (χ0) is 17.1. The van der Waals surface area contributed by atoms with Gasteiger partial charge in [-0.25, -0.2) is 4.39 Å². The lowest BCUT2D eigenvalue weighted by molar-refractivity contribution is 0.0474. The Morgan fingerprint density at radius 3 is 2.75 bits per heavy atom. The Kier molecular flexibility index (Phi) is 5.23. The molecule has 126 valence electrons. The molecule has 0 saturated carbocycles. The number of rotatable bonds is 4. The summed E-state index contributed by atoms with van der Waals surface area (Å²) in [7, 11) is 0. The van der Waals surface area contributed by atoms with Crippen molar-refractivity contribution in [3.8, 4) is 11.5 Å². The number of benzene rings is 2. The summed E-state index contributed by atoms with van der Waals surface area (Å²) in [6, 6.07) is 11.7. The van der Waals surface area contributed by atoms with Crippen LogP contribution in [0.1, 0.15) is 17.3 Å². The van der Waals surface area contributed by atoms with Crippen molar-refractivity contribution in [3.05, 3.63) is 57.4 Å². The molecular weight excluding hydrogens is 424 g/mol. The van der Waals surface area contributed by atoms with Gasteiger partial charge >= 0.3 is 0 Å². The second-order valence-corrected chi connectivity index (χ2v) is 6.63. The highest BCUT2D eigenvalue weighted by atomic mass is 127. The fourth-order valence-electron chi connectivity index (χ4n) is 2.59. The van der Waals surface area contributed by atoms with E-state index in [0.717, 1.165) is 5.75 Å². The fraction of sp³-hybridized carbons (Fsp3) is 0.278. The average Bonchev–Trinajstić information content (AvgIpc) is 2.59. The quantitative estimate of drug-likeness (QED) is 0.679. The normalized spacial score (nSPS) is 15.9. The second-order valence-electron chi connectivity index (χ2n) is 5.47. The average molecular weight is 441 g/mol. The van der Waals surface area contributed by atoms with Crippen LogP contribution in [0.15, 0.2) is 42.5 Å². The Balaban J connectivity index is 1.72. The van der Waals surface area contributed by atoms with Gasteiger partial charge < -0.3 is 14.4 Å². The number of nitrogens with zero attached hydrogens (tertiary/aromatic N) is 1. The topological polar surface area (TPSA) is 38.8 Å². The van der Waals surface area contributed by atoms with Gasteiger partial charge in [0.25, 0.3) is 5.91 Å². The number of amides is 1. The maximum atomic E-state index is 13.2. The minimum absolute atomic E-state index is 0.135. The van der Waals surface area contributed by atoms with Gasteiger partial charge in [-0.15, -0.1) is 0 Å².